The maximum atomic E-state index is 12.3. The van der Waals surface area contributed by atoms with Crippen molar-refractivity contribution in [3.8, 4) is 0 Å². The highest BCUT2D eigenvalue weighted by Gasteiger charge is 2.32. The van der Waals surface area contributed by atoms with Gasteiger partial charge in [0, 0.05) is 30.9 Å². The molecule has 1 aromatic rings. The van der Waals surface area contributed by atoms with E-state index in [2.05, 4.69) is 5.32 Å². The third-order valence-corrected chi connectivity index (χ3v) is 3.95. The zero-order valence-corrected chi connectivity index (χ0v) is 14.7. The fraction of sp³-hybridized carbons (Fsp3) is 0.588. The third-order valence-electron chi connectivity index (χ3n) is 3.95. The number of carbonyl (C=O) groups excluding carboxylic acids is 1. The van der Waals surface area contributed by atoms with Gasteiger partial charge in [-0.3, -0.25) is 10.1 Å². The number of nitro groups is 1. The fourth-order valence-electron chi connectivity index (χ4n) is 2.80. The van der Waals surface area contributed by atoms with Crippen molar-refractivity contribution in [2.45, 2.75) is 52.2 Å². The number of amides is 1. The number of aryl methyl sites for hydroxylation is 1. The zero-order valence-electron chi connectivity index (χ0n) is 14.7. The van der Waals surface area contributed by atoms with Crippen molar-refractivity contribution in [1.82, 2.24) is 4.90 Å². The van der Waals surface area contributed by atoms with E-state index in [0.717, 1.165) is 24.1 Å². The van der Waals surface area contributed by atoms with Gasteiger partial charge in [-0.2, -0.15) is 0 Å². The maximum Gasteiger partial charge on any atom is 0.410 e. The molecule has 1 saturated heterocycles. The molecule has 0 radical (unpaired) electrons. The standard InChI is InChI=1S/C17H25N3O4/c1-12-10-13(20(22)23)7-8-15(12)18-11-14-6-5-9-19(14)16(21)24-17(2,3)4/h7-8,10,14,18H,5-6,9,11H2,1-4H3. The lowest BCUT2D eigenvalue weighted by atomic mass is 10.1. The average Bonchev–Trinajstić information content (AvgIpc) is 2.92. The van der Waals surface area contributed by atoms with Crippen LogP contribution in [0.15, 0.2) is 18.2 Å². The van der Waals surface area contributed by atoms with Gasteiger partial charge >= 0.3 is 6.09 Å². The predicted octanol–water partition coefficient (Wildman–Crippen LogP) is 3.71. The van der Waals surface area contributed by atoms with Crippen LogP contribution in [0.25, 0.3) is 0 Å². The number of non-ortho nitro benzene ring substituents is 1. The number of benzene rings is 1. The molecule has 7 heteroatoms. The monoisotopic (exact) mass is 335 g/mol. The molecule has 2 rings (SSSR count). The van der Waals surface area contributed by atoms with Crippen molar-refractivity contribution in [2.75, 3.05) is 18.4 Å². The zero-order chi connectivity index (χ0) is 17.9. The molecule has 1 aliphatic rings. The summed E-state index contributed by atoms with van der Waals surface area (Å²) in [5.41, 5.74) is 1.23. The van der Waals surface area contributed by atoms with Gasteiger partial charge in [0.15, 0.2) is 0 Å². The Morgan fingerprint density at radius 1 is 1.46 bits per heavy atom. The first-order valence-corrected chi connectivity index (χ1v) is 8.16. The first kappa shape index (κ1) is 18.0. The number of hydrogen-bond acceptors (Lipinski definition) is 5. The van der Waals surface area contributed by atoms with Crippen LogP contribution in [0.1, 0.15) is 39.2 Å². The van der Waals surface area contributed by atoms with Crippen LogP contribution in [0.5, 0.6) is 0 Å². The lowest BCUT2D eigenvalue weighted by molar-refractivity contribution is -0.384. The minimum atomic E-state index is -0.507. The number of nitro benzene ring substituents is 1. The summed E-state index contributed by atoms with van der Waals surface area (Å²) in [5.74, 6) is 0. The van der Waals surface area contributed by atoms with Crippen molar-refractivity contribution >= 4 is 17.5 Å². The topological polar surface area (TPSA) is 84.7 Å². The Kier molecular flexibility index (Phi) is 5.31. The van der Waals surface area contributed by atoms with E-state index in [4.69, 9.17) is 4.74 Å². The van der Waals surface area contributed by atoms with E-state index in [1.54, 1.807) is 17.0 Å². The van der Waals surface area contributed by atoms with Gasteiger partial charge in [-0.1, -0.05) is 0 Å². The summed E-state index contributed by atoms with van der Waals surface area (Å²) in [6.45, 7) is 8.69. The molecule has 0 spiro atoms. The van der Waals surface area contributed by atoms with Gasteiger partial charge in [0.2, 0.25) is 0 Å². The molecule has 24 heavy (non-hydrogen) atoms. The molecular weight excluding hydrogens is 310 g/mol. The van der Waals surface area contributed by atoms with Crippen LogP contribution in [0.3, 0.4) is 0 Å². The van der Waals surface area contributed by atoms with Gasteiger partial charge in [-0.05, 0) is 52.2 Å². The second-order valence-electron chi connectivity index (χ2n) is 7.11. The number of nitrogens with one attached hydrogen (secondary N) is 1. The molecule has 0 aromatic heterocycles. The van der Waals surface area contributed by atoms with Crippen molar-refractivity contribution in [1.29, 1.82) is 0 Å². The van der Waals surface area contributed by atoms with E-state index < -0.39 is 10.5 Å². The molecule has 0 saturated carbocycles. The van der Waals surface area contributed by atoms with Crippen LogP contribution in [0, 0.1) is 17.0 Å². The SMILES string of the molecule is Cc1cc([N+](=O)[O-])ccc1NCC1CCCN1C(=O)OC(C)(C)C. The van der Waals surface area contributed by atoms with Gasteiger partial charge in [-0.25, -0.2) is 4.79 Å². The van der Waals surface area contributed by atoms with Crippen LogP contribution in [-0.4, -0.2) is 40.6 Å². The minimum absolute atomic E-state index is 0.0643. The highest BCUT2D eigenvalue weighted by atomic mass is 16.6. The first-order valence-electron chi connectivity index (χ1n) is 8.16. The minimum Gasteiger partial charge on any atom is -0.444 e. The molecular formula is C17H25N3O4. The largest absolute Gasteiger partial charge is 0.444 e. The molecule has 1 aliphatic heterocycles. The number of rotatable bonds is 4. The first-order chi connectivity index (χ1) is 11.2. The van der Waals surface area contributed by atoms with Gasteiger partial charge in [0.05, 0.1) is 11.0 Å². The summed E-state index contributed by atoms with van der Waals surface area (Å²) in [6.07, 6.45) is 1.58. The second-order valence-corrected chi connectivity index (χ2v) is 7.11. The number of ether oxygens (including phenoxy) is 1. The van der Waals surface area contributed by atoms with Crippen LogP contribution in [-0.2, 0) is 4.74 Å². The third kappa shape index (κ3) is 4.59. The summed E-state index contributed by atoms with van der Waals surface area (Å²) in [4.78, 5) is 24.4. The Morgan fingerprint density at radius 2 is 2.17 bits per heavy atom. The van der Waals surface area contributed by atoms with E-state index in [1.807, 2.05) is 27.7 Å². The van der Waals surface area contributed by atoms with Crippen LogP contribution in [0.2, 0.25) is 0 Å². The average molecular weight is 335 g/mol. The van der Waals surface area contributed by atoms with E-state index >= 15 is 0 Å². The molecule has 1 amide bonds. The van der Waals surface area contributed by atoms with Crippen LogP contribution >= 0.6 is 0 Å². The van der Waals surface area contributed by atoms with E-state index in [1.165, 1.54) is 6.07 Å². The molecule has 1 heterocycles. The molecule has 1 unspecified atom stereocenters. The summed E-state index contributed by atoms with van der Waals surface area (Å²) >= 11 is 0. The van der Waals surface area contributed by atoms with Crippen molar-refractivity contribution < 1.29 is 14.5 Å². The summed E-state index contributed by atoms with van der Waals surface area (Å²) < 4.78 is 5.45. The van der Waals surface area contributed by atoms with Crippen molar-refractivity contribution in [3.05, 3.63) is 33.9 Å². The highest BCUT2D eigenvalue weighted by molar-refractivity contribution is 5.69. The number of anilines is 1. The molecule has 0 bridgehead atoms. The lowest BCUT2D eigenvalue weighted by Gasteiger charge is -2.29. The van der Waals surface area contributed by atoms with E-state index in [0.29, 0.717) is 13.1 Å². The summed E-state index contributed by atoms with van der Waals surface area (Å²) in [7, 11) is 0. The Labute approximate surface area is 142 Å². The molecule has 1 atom stereocenters. The summed E-state index contributed by atoms with van der Waals surface area (Å²) in [5, 5.41) is 14.1. The molecule has 1 fully saturated rings. The lowest BCUT2D eigenvalue weighted by Crippen LogP contribution is -2.42. The predicted molar refractivity (Wildman–Crippen MR) is 92.3 cm³/mol. The van der Waals surface area contributed by atoms with Crippen LogP contribution in [0.4, 0.5) is 16.2 Å². The van der Waals surface area contributed by atoms with Gasteiger partial charge < -0.3 is 15.0 Å². The van der Waals surface area contributed by atoms with Crippen LogP contribution < -0.4 is 5.32 Å². The Morgan fingerprint density at radius 3 is 2.75 bits per heavy atom. The summed E-state index contributed by atoms with van der Waals surface area (Å²) in [6, 6.07) is 4.80. The second kappa shape index (κ2) is 7.07. The van der Waals surface area contributed by atoms with Gasteiger partial charge in [0.25, 0.3) is 5.69 Å². The van der Waals surface area contributed by atoms with Crippen molar-refractivity contribution in [3.63, 3.8) is 0 Å². The van der Waals surface area contributed by atoms with Crippen molar-refractivity contribution in [2.24, 2.45) is 0 Å². The smallest absolute Gasteiger partial charge is 0.410 e. The van der Waals surface area contributed by atoms with E-state index in [9.17, 15) is 14.9 Å². The molecule has 7 nitrogen and oxygen atoms in total. The molecule has 1 N–H and O–H groups in total. The van der Waals surface area contributed by atoms with E-state index in [-0.39, 0.29) is 17.8 Å². The number of hydrogen-bond donors (Lipinski definition) is 1. The normalized spacial score (nSPS) is 17.7. The van der Waals surface area contributed by atoms with Gasteiger partial charge in [0.1, 0.15) is 5.60 Å². The molecule has 1 aromatic carbocycles. The quantitative estimate of drug-likeness (QED) is 0.669. The van der Waals surface area contributed by atoms with Gasteiger partial charge in [-0.15, -0.1) is 0 Å². The maximum absolute atomic E-state index is 12.3. The Hall–Kier alpha value is -2.31. The highest BCUT2D eigenvalue weighted by Crippen LogP contribution is 2.24. The Balaban J connectivity index is 1.98. The number of likely N-dealkylation sites (tertiary alicyclic amines) is 1. The number of carbonyl (C=O) groups is 1. The molecule has 132 valence electrons. The Bertz CT molecular complexity index is 625. The molecule has 0 aliphatic carbocycles. The fourth-order valence-corrected chi connectivity index (χ4v) is 2.80. The number of nitrogens with zero attached hydrogens (tertiary/aromatic N) is 2.